The lowest BCUT2D eigenvalue weighted by atomic mass is 10.2. The van der Waals surface area contributed by atoms with E-state index < -0.39 is 0 Å². The van der Waals surface area contributed by atoms with Gasteiger partial charge >= 0.3 is 0 Å². The molecule has 0 saturated carbocycles. The molecule has 0 radical (unpaired) electrons. The van der Waals surface area contributed by atoms with Gasteiger partial charge in [-0.1, -0.05) is 18.2 Å². The van der Waals surface area contributed by atoms with Crippen LogP contribution in [0.5, 0.6) is 0 Å². The van der Waals surface area contributed by atoms with Gasteiger partial charge in [-0.15, -0.1) is 0 Å². The monoisotopic (exact) mass is 352 g/mol. The third-order valence-corrected chi connectivity index (χ3v) is 3.74. The fourth-order valence-corrected chi connectivity index (χ4v) is 2.51. The lowest BCUT2D eigenvalue weighted by Gasteiger charge is -2.05. The summed E-state index contributed by atoms with van der Waals surface area (Å²) in [4.78, 5) is 23.5. The first-order chi connectivity index (χ1) is 12.5. The van der Waals surface area contributed by atoms with Crippen LogP contribution in [0.1, 0.15) is 23.0 Å². The smallest absolute Gasteiger partial charge is 0.255 e. The summed E-state index contributed by atoms with van der Waals surface area (Å²) in [5, 5.41) is 9.96. The summed E-state index contributed by atoms with van der Waals surface area (Å²) < 4.78 is 7.30. The summed E-state index contributed by atoms with van der Waals surface area (Å²) in [5.74, 6) is 0.861. The van der Waals surface area contributed by atoms with E-state index in [9.17, 15) is 9.59 Å². The molecule has 0 fully saturated rings. The predicted molar refractivity (Wildman–Crippen MR) is 97.0 cm³/mol. The molecule has 2 heterocycles. The van der Waals surface area contributed by atoms with E-state index in [0.717, 1.165) is 11.4 Å². The van der Waals surface area contributed by atoms with Crippen LogP contribution in [0, 0.1) is 6.92 Å². The van der Waals surface area contributed by atoms with Gasteiger partial charge in [0.25, 0.3) is 5.91 Å². The Morgan fingerprint density at radius 2 is 1.81 bits per heavy atom. The number of hydrogen-bond donors (Lipinski definition) is 2. The Hall–Kier alpha value is -3.35. The average molecular weight is 352 g/mol. The second-order valence-electron chi connectivity index (χ2n) is 5.82. The van der Waals surface area contributed by atoms with Gasteiger partial charge in [-0.3, -0.25) is 9.59 Å². The number of nitrogens with zero attached hydrogens (tertiary/aromatic N) is 2. The maximum absolute atomic E-state index is 12.6. The molecule has 3 aromatic rings. The Kier molecular flexibility index (Phi) is 5.17. The Labute approximate surface area is 151 Å². The highest BCUT2D eigenvalue weighted by molar-refractivity contribution is 5.99. The van der Waals surface area contributed by atoms with Crippen molar-refractivity contribution in [3.8, 4) is 17.1 Å². The molecule has 26 heavy (non-hydrogen) atoms. The highest BCUT2D eigenvalue weighted by atomic mass is 16.3. The Balaban J connectivity index is 1.88. The standard InChI is InChI=1S/C19H20N4O3/c1-13-8-9-17(26-13)18-16(19(25)21-11-10-20-14(2)24)12-23(22-18)15-6-4-3-5-7-15/h3-9,12H,10-11H2,1-2H3,(H,20,24)(H,21,25). The molecular formula is C19H20N4O3. The van der Waals surface area contributed by atoms with Crippen molar-refractivity contribution in [2.75, 3.05) is 13.1 Å². The molecule has 0 spiro atoms. The molecule has 7 nitrogen and oxygen atoms in total. The van der Waals surface area contributed by atoms with Crippen molar-refractivity contribution in [3.05, 3.63) is 60.0 Å². The highest BCUT2D eigenvalue weighted by Crippen LogP contribution is 2.25. The number of benzene rings is 1. The maximum Gasteiger partial charge on any atom is 0.255 e. The zero-order chi connectivity index (χ0) is 18.5. The molecule has 0 aliphatic rings. The van der Waals surface area contributed by atoms with Crippen molar-refractivity contribution in [1.82, 2.24) is 20.4 Å². The minimum atomic E-state index is -0.276. The van der Waals surface area contributed by atoms with Gasteiger partial charge in [-0.05, 0) is 31.2 Å². The van der Waals surface area contributed by atoms with Crippen molar-refractivity contribution < 1.29 is 14.0 Å². The normalized spacial score (nSPS) is 10.5. The van der Waals surface area contributed by atoms with E-state index in [2.05, 4.69) is 15.7 Å². The molecule has 1 aromatic carbocycles. The SMILES string of the molecule is CC(=O)NCCNC(=O)c1cn(-c2ccccc2)nc1-c1ccc(C)o1. The third kappa shape index (κ3) is 4.00. The summed E-state index contributed by atoms with van der Waals surface area (Å²) >= 11 is 0. The van der Waals surface area contributed by atoms with Gasteiger partial charge in [0.15, 0.2) is 5.76 Å². The predicted octanol–water partition coefficient (Wildman–Crippen LogP) is 2.31. The zero-order valence-electron chi connectivity index (χ0n) is 14.7. The Morgan fingerprint density at radius 1 is 1.08 bits per heavy atom. The van der Waals surface area contributed by atoms with Crippen LogP contribution in [0.3, 0.4) is 0 Å². The summed E-state index contributed by atoms with van der Waals surface area (Å²) in [6, 6.07) is 13.2. The molecule has 0 atom stereocenters. The van der Waals surface area contributed by atoms with E-state index in [4.69, 9.17) is 4.42 Å². The number of aryl methyl sites for hydroxylation is 1. The van der Waals surface area contributed by atoms with Crippen LogP contribution in [0.4, 0.5) is 0 Å². The molecule has 2 N–H and O–H groups in total. The summed E-state index contributed by atoms with van der Waals surface area (Å²) in [7, 11) is 0. The van der Waals surface area contributed by atoms with Crippen LogP contribution < -0.4 is 10.6 Å². The van der Waals surface area contributed by atoms with Gasteiger partial charge in [-0.2, -0.15) is 5.10 Å². The molecule has 0 aliphatic carbocycles. The van der Waals surface area contributed by atoms with Gasteiger partial charge in [0.05, 0.1) is 11.3 Å². The van der Waals surface area contributed by atoms with E-state index in [0.29, 0.717) is 30.1 Å². The summed E-state index contributed by atoms with van der Waals surface area (Å²) in [6.07, 6.45) is 1.68. The van der Waals surface area contributed by atoms with Gasteiger partial charge in [0.2, 0.25) is 5.91 Å². The number of rotatable bonds is 6. The lowest BCUT2D eigenvalue weighted by molar-refractivity contribution is -0.118. The van der Waals surface area contributed by atoms with E-state index >= 15 is 0 Å². The van der Waals surface area contributed by atoms with Gasteiger partial charge < -0.3 is 15.1 Å². The fraction of sp³-hybridized carbons (Fsp3) is 0.211. The number of hydrogen-bond acceptors (Lipinski definition) is 4. The zero-order valence-corrected chi connectivity index (χ0v) is 14.7. The van der Waals surface area contributed by atoms with E-state index in [-0.39, 0.29) is 11.8 Å². The van der Waals surface area contributed by atoms with Crippen LogP contribution in [-0.4, -0.2) is 34.7 Å². The Bertz CT molecular complexity index is 912. The van der Waals surface area contributed by atoms with Crippen molar-refractivity contribution in [3.63, 3.8) is 0 Å². The number of nitrogens with one attached hydrogen (secondary N) is 2. The molecule has 3 rings (SSSR count). The number of para-hydroxylation sites is 1. The van der Waals surface area contributed by atoms with Gasteiger partial charge in [0, 0.05) is 26.2 Å². The lowest BCUT2D eigenvalue weighted by Crippen LogP contribution is -2.33. The van der Waals surface area contributed by atoms with E-state index in [1.54, 1.807) is 16.9 Å². The van der Waals surface area contributed by atoms with Crippen LogP contribution in [0.25, 0.3) is 17.1 Å². The Morgan fingerprint density at radius 3 is 2.46 bits per heavy atom. The molecule has 0 bridgehead atoms. The number of carbonyl (C=O) groups excluding carboxylic acids is 2. The van der Waals surface area contributed by atoms with Crippen LogP contribution in [0.15, 0.2) is 53.1 Å². The molecule has 0 aliphatic heterocycles. The fourth-order valence-electron chi connectivity index (χ4n) is 2.51. The minimum absolute atomic E-state index is 0.136. The molecule has 7 heteroatoms. The molecule has 0 saturated heterocycles. The molecule has 0 unspecified atom stereocenters. The third-order valence-electron chi connectivity index (χ3n) is 3.74. The number of furan rings is 1. The minimum Gasteiger partial charge on any atom is -0.460 e. The molecule has 2 amide bonds. The van der Waals surface area contributed by atoms with Crippen LogP contribution >= 0.6 is 0 Å². The second-order valence-corrected chi connectivity index (χ2v) is 5.82. The molecule has 134 valence electrons. The van der Waals surface area contributed by atoms with Crippen LogP contribution in [0.2, 0.25) is 0 Å². The first kappa shape index (κ1) is 17.5. The largest absolute Gasteiger partial charge is 0.460 e. The quantitative estimate of drug-likeness (QED) is 0.666. The number of carbonyl (C=O) groups is 2. The summed E-state index contributed by atoms with van der Waals surface area (Å²) in [5.41, 5.74) is 1.72. The van der Waals surface area contributed by atoms with E-state index in [1.807, 2.05) is 43.3 Å². The average Bonchev–Trinajstić information content (AvgIpc) is 3.25. The summed E-state index contributed by atoms with van der Waals surface area (Å²) in [6.45, 7) is 3.96. The first-order valence-corrected chi connectivity index (χ1v) is 8.29. The van der Waals surface area contributed by atoms with Crippen molar-refractivity contribution >= 4 is 11.8 Å². The van der Waals surface area contributed by atoms with Gasteiger partial charge in [-0.25, -0.2) is 4.68 Å². The molecular weight excluding hydrogens is 332 g/mol. The molecule has 2 aromatic heterocycles. The topological polar surface area (TPSA) is 89.2 Å². The van der Waals surface area contributed by atoms with Crippen molar-refractivity contribution in [1.29, 1.82) is 0 Å². The number of amides is 2. The highest BCUT2D eigenvalue weighted by Gasteiger charge is 2.20. The maximum atomic E-state index is 12.6. The van der Waals surface area contributed by atoms with Gasteiger partial charge in [0.1, 0.15) is 11.5 Å². The van der Waals surface area contributed by atoms with Crippen LogP contribution in [-0.2, 0) is 4.79 Å². The van der Waals surface area contributed by atoms with Crippen molar-refractivity contribution in [2.45, 2.75) is 13.8 Å². The van der Waals surface area contributed by atoms with E-state index in [1.165, 1.54) is 6.92 Å². The number of aromatic nitrogens is 2. The second kappa shape index (κ2) is 7.69. The van der Waals surface area contributed by atoms with Crippen molar-refractivity contribution in [2.24, 2.45) is 0 Å². The first-order valence-electron chi connectivity index (χ1n) is 8.29.